The van der Waals surface area contributed by atoms with E-state index in [1.165, 1.54) is 7.11 Å². The fourth-order valence-corrected chi connectivity index (χ4v) is 2.79. The topological polar surface area (TPSA) is 65.0 Å². The first kappa shape index (κ1) is 12.6. The Kier molecular flexibility index (Phi) is 3.26. The number of benzene rings is 1. The van der Waals surface area contributed by atoms with Crippen molar-refractivity contribution in [1.29, 1.82) is 0 Å². The van der Waals surface area contributed by atoms with Crippen LogP contribution in [0.2, 0.25) is 0 Å². The molecule has 0 unspecified atom stereocenters. The lowest BCUT2D eigenvalue weighted by Gasteiger charge is -2.25. The Balaban J connectivity index is 1.80. The number of aliphatic hydroxyl groups excluding tert-OH is 1. The summed E-state index contributed by atoms with van der Waals surface area (Å²) in [6.45, 7) is 0. The van der Waals surface area contributed by atoms with Crippen LogP contribution < -0.4 is 0 Å². The van der Waals surface area contributed by atoms with Crippen molar-refractivity contribution in [2.24, 2.45) is 0 Å². The van der Waals surface area contributed by atoms with Gasteiger partial charge in [-0.1, -0.05) is 30.3 Å². The zero-order chi connectivity index (χ0) is 13.4. The Morgan fingerprint density at radius 2 is 2.11 bits per heavy atom. The Bertz CT molecular complexity index is 460. The minimum atomic E-state index is -0.796. The molecular weight excluding hydrogens is 248 g/mol. The molecule has 0 bridgehead atoms. The molecule has 0 saturated carbocycles. The highest BCUT2D eigenvalue weighted by Gasteiger charge is 2.54. The number of methoxy groups -OCH3 is 1. The molecule has 1 aromatic rings. The van der Waals surface area contributed by atoms with Crippen LogP contribution in [0.5, 0.6) is 0 Å². The number of rotatable bonds is 3. The normalized spacial score (nSPS) is 34.9. The minimum absolute atomic E-state index is 0.225. The second-order valence-electron chi connectivity index (χ2n) is 4.85. The fraction of sp³-hybridized carbons (Fsp3) is 0.500. The summed E-state index contributed by atoms with van der Waals surface area (Å²) < 4.78 is 16.3. The molecule has 5 nitrogen and oxygen atoms in total. The predicted molar refractivity (Wildman–Crippen MR) is 65.4 cm³/mol. The number of aliphatic hydroxyl groups is 1. The van der Waals surface area contributed by atoms with Crippen LogP contribution in [0, 0.1) is 0 Å². The molecule has 102 valence electrons. The van der Waals surface area contributed by atoms with Crippen molar-refractivity contribution < 1.29 is 24.1 Å². The lowest BCUT2D eigenvalue weighted by Crippen LogP contribution is -2.37. The maximum absolute atomic E-state index is 11.2. The summed E-state index contributed by atoms with van der Waals surface area (Å²) in [6.07, 6.45) is -2.26. The van der Waals surface area contributed by atoms with Crippen molar-refractivity contribution in [3.05, 3.63) is 35.9 Å². The fourth-order valence-electron chi connectivity index (χ4n) is 2.79. The van der Waals surface area contributed by atoms with E-state index < -0.39 is 24.4 Å². The molecule has 0 radical (unpaired) electrons. The number of ether oxygens (including phenoxy) is 3. The van der Waals surface area contributed by atoms with Gasteiger partial charge in [-0.25, -0.2) is 0 Å². The van der Waals surface area contributed by atoms with Gasteiger partial charge in [0.05, 0.1) is 6.42 Å². The summed E-state index contributed by atoms with van der Waals surface area (Å²) in [5.41, 5.74) is 0.765. The minimum Gasteiger partial charge on any atom is -0.457 e. The third-order valence-corrected chi connectivity index (χ3v) is 3.71. The van der Waals surface area contributed by atoms with Crippen molar-refractivity contribution in [2.45, 2.75) is 36.9 Å². The quantitative estimate of drug-likeness (QED) is 0.819. The molecule has 1 N–H and O–H groups in total. The van der Waals surface area contributed by atoms with E-state index >= 15 is 0 Å². The van der Waals surface area contributed by atoms with Crippen LogP contribution in [0.4, 0.5) is 0 Å². The number of carbonyl (C=O) groups excluding carboxylic acids is 1. The molecule has 0 spiro atoms. The smallest absolute Gasteiger partial charge is 0.309 e. The van der Waals surface area contributed by atoms with E-state index in [-0.39, 0.29) is 18.5 Å². The summed E-state index contributed by atoms with van der Waals surface area (Å²) in [4.78, 5) is 11.2. The molecule has 19 heavy (non-hydrogen) atoms. The van der Waals surface area contributed by atoms with Gasteiger partial charge in [-0.3, -0.25) is 4.79 Å². The van der Waals surface area contributed by atoms with Crippen LogP contribution in [0.25, 0.3) is 0 Å². The molecule has 0 aliphatic carbocycles. The SMILES string of the molecule is CO[C@@H]1[C@H]2OC(=O)C[C@H]2O[C@@H]1[C@@H](O)c1ccccc1. The summed E-state index contributed by atoms with van der Waals surface area (Å²) >= 11 is 0. The Hall–Kier alpha value is -1.43. The van der Waals surface area contributed by atoms with Gasteiger partial charge in [0.15, 0.2) is 6.10 Å². The molecule has 2 aliphatic heterocycles. The lowest BCUT2D eigenvalue weighted by molar-refractivity contribution is -0.148. The molecule has 2 heterocycles. The highest BCUT2D eigenvalue weighted by molar-refractivity contribution is 5.73. The first-order valence-corrected chi connectivity index (χ1v) is 6.31. The van der Waals surface area contributed by atoms with Gasteiger partial charge in [0.2, 0.25) is 0 Å². The second kappa shape index (κ2) is 4.92. The van der Waals surface area contributed by atoms with Crippen molar-refractivity contribution in [1.82, 2.24) is 0 Å². The summed E-state index contributed by atoms with van der Waals surface area (Å²) in [6, 6.07) is 9.27. The van der Waals surface area contributed by atoms with Gasteiger partial charge < -0.3 is 19.3 Å². The molecule has 2 fully saturated rings. The van der Waals surface area contributed by atoms with Crippen LogP contribution in [0.1, 0.15) is 18.1 Å². The van der Waals surface area contributed by atoms with E-state index in [1.54, 1.807) is 0 Å². The standard InChI is InChI=1S/C14H16O5/c1-17-14-12-9(7-10(15)19-12)18-13(14)11(16)8-5-3-2-4-6-8/h2-6,9,11-14,16H,7H2,1H3/t9-,11+,12+,13-,14-/m1/s1. The van der Waals surface area contributed by atoms with Crippen LogP contribution in [-0.2, 0) is 19.0 Å². The van der Waals surface area contributed by atoms with E-state index in [0.29, 0.717) is 0 Å². The van der Waals surface area contributed by atoms with Crippen LogP contribution in [0.15, 0.2) is 30.3 Å². The molecule has 2 aliphatic rings. The molecule has 1 aromatic carbocycles. The third-order valence-electron chi connectivity index (χ3n) is 3.71. The Morgan fingerprint density at radius 3 is 2.79 bits per heavy atom. The van der Waals surface area contributed by atoms with E-state index in [1.807, 2.05) is 30.3 Å². The molecule has 2 saturated heterocycles. The monoisotopic (exact) mass is 264 g/mol. The zero-order valence-electron chi connectivity index (χ0n) is 10.6. The average Bonchev–Trinajstić information content (AvgIpc) is 2.94. The average molecular weight is 264 g/mol. The molecule has 3 rings (SSSR count). The van der Waals surface area contributed by atoms with E-state index in [9.17, 15) is 9.90 Å². The van der Waals surface area contributed by atoms with E-state index in [2.05, 4.69) is 0 Å². The summed E-state index contributed by atoms with van der Waals surface area (Å²) in [7, 11) is 1.53. The van der Waals surface area contributed by atoms with E-state index in [4.69, 9.17) is 14.2 Å². The van der Waals surface area contributed by atoms with Crippen molar-refractivity contribution >= 4 is 5.97 Å². The number of fused-ring (bicyclic) bond motifs is 1. The maximum atomic E-state index is 11.2. The highest BCUT2D eigenvalue weighted by Crippen LogP contribution is 2.38. The van der Waals surface area contributed by atoms with Gasteiger partial charge in [0.1, 0.15) is 24.4 Å². The molecule has 0 aromatic heterocycles. The van der Waals surface area contributed by atoms with Gasteiger partial charge in [0, 0.05) is 7.11 Å². The molecule has 5 atom stereocenters. The van der Waals surface area contributed by atoms with Crippen LogP contribution in [-0.4, -0.2) is 42.6 Å². The largest absolute Gasteiger partial charge is 0.457 e. The first-order valence-electron chi connectivity index (χ1n) is 6.31. The molecule has 5 heteroatoms. The van der Waals surface area contributed by atoms with Gasteiger partial charge in [-0.05, 0) is 5.56 Å². The Labute approximate surface area is 111 Å². The third kappa shape index (κ3) is 2.14. The van der Waals surface area contributed by atoms with Gasteiger partial charge >= 0.3 is 5.97 Å². The summed E-state index contributed by atoms with van der Waals surface area (Å²) in [5, 5.41) is 10.4. The van der Waals surface area contributed by atoms with Crippen molar-refractivity contribution in [3.63, 3.8) is 0 Å². The van der Waals surface area contributed by atoms with Crippen LogP contribution in [0.3, 0.4) is 0 Å². The molecule has 0 amide bonds. The maximum Gasteiger partial charge on any atom is 0.309 e. The number of hydrogen-bond acceptors (Lipinski definition) is 5. The van der Waals surface area contributed by atoms with Crippen molar-refractivity contribution in [2.75, 3.05) is 7.11 Å². The lowest BCUT2D eigenvalue weighted by atomic mass is 9.98. The van der Waals surface area contributed by atoms with Gasteiger partial charge in [-0.15, -0.1) is 0 Å². The molecular formula is C14H16O5. The van der Waals surface area contributed by atoms with Gasteiger partial charge in [0.25, 0.3) is 0 Å². The van der Waals surface area contributed by atoms with Crippen molar-refractivity contribution in [3.8, 4) is 0 Å². The van der Waals surface area contributed by atoms with Gasteiger partial charge in [-0.2, -0.15) is 0 Å². The predicted octanol–water partition coefficient (Wildman–Crippen LogP) is 0.818. The zero-order valence-corrected chi connectivity index (χ0v) is 10.6. The second-order valence-corrected chi connectivity index (χ2v) is 4.85. The van der Waals surface area contributed by atoms with Crippen LogP contribution >= 0.6 is 0 Å². The number of esters is 1. The first-order chi connectivity index (χ1) is 9.20. The summed E-state index contributed by atoms with van der Waals surface area (Å²) in [5.74, 6) is -0.273. The highest BCUT2D eigenvalue weighted by atomic mass is 16.6. The van der Waals surface area contributed by atoms with E-state index in [0.717, 1.165) is 5.56 Å². The number of carbonyl (C=O) groups is 1. The number of hydrogen-bond donors (Lipinski definition) is 1. The Morgan fingerprint density at radius 1 is 1.37 bits per heavy atom.